The Hall–Kier alpha value is -1.80. The summed E-state index contributed by atoms with van der Waals surface area (Å²) in [6, 6.07) is 7.85. The molecule has 2 saturated heterocycles. The molecule has 2 fully saturated rings. The molecule has 9 heteroatoms. The summed E-state index contributed by atoms with van der Waals surface area (Å²) >= 11 is 12.3. The number of rotatable bonds is 4. The van der Waals surface area contributed by atoms with E-state index in [0.717, 1.165) is 49.8 Å². The Labute approximate surface area is 193 Å². The molecule has 4 rings (SSSR count). The Bertz CT molecular complexity index is 904. The molecule has 0 spiro atoms. The second kappa shape index (κ2) is 9.36. The molecular formula is C22H30Cl2N6O. The Kier molecular flexibility index (Phi) is 6.77. The number of carbonyl (C=O) groups is 1. The minimum atomic E-state index is -0.0627. The zero-order valence-electron chi connectivity index (χ0n) is 18.3. The topological polar surface area (TPSA) is 58.7 Å². The monoisotopic (exact) mass is 464 g/mol. The van der Waals surface area contributed by atoms with Crippen molar-refractivity contribution in [1.29, 1.82) is 0 Å². The Morgan fingerprint density at radius 1 is 1.03 bits per heavy atom. The summed E-state index contributed by atoms with van der Waals surface area (Å²) in [4.78, 5) is 22.0. The fourth-order valence-corrected chi connectivity index (χ4v) is 4.85. The van der Waals surface area contributed by atoms with Crippen LogP contribution in [0.4, 0.5) is 5.82 Å². The van der Waals surface area contributed by atoms with Gasteiger partial charge in [0.15, 0.2) is 5.82 Å². The Morgan fingerprint density at radius 3 is 2.35 bits per heavy atom. The lowest BCUT2D eigenvalue weighted by Gasteiger charge is -2.43. The average molecular weight is 465 g/mol. The molecule has 1 unspecified atom stereocenters. The van der Waals surface area contributed by atoms with Crippen molar-refractivity contribution in [3.63, 3.8) is 0 Å². The van der Waals surface area contributed by atoms with Gasteiger partial charge in [0.2, 0.25) is 5.91 Å². The number of benzene rings is 1. The number of aromatic nitrogens is 2. The van der Waals surface area contributed by atoms with Crippen molar-refractivity contribution in [3.05, 3.63) is 34.3 Å². The highest BCUT2D eigenvalue weighted by molar-refractivity contribution is 6.35. The van der Waals surface area contributed by atoms with Crippen molar-refractivity contribution in [1.82, 2.24) is 24.9 Å². The number of H-pyrrole nitrogens is 1. The van der Waals surface area contributed by atoms with Crippen LogP contribution in [-0.4, -0.2) is 95.7 Å². The van der Waals surface area contributed by atoms with E-state index in [1.807, 2.05) is 23.1 Å². The van der Waals surface area contributed by atoms with Gasteiger partial charge in [0.25, 0.3) is 0 Å². The highest BCUT2D eigenvalue weighted by Crippen LogP contribution is 2.28. The fraction of sp³-hybridized carbons (Fsp3) is 0.545. The molecule has 1 N–H and O–H groups in total. The molecule has 0 saturated carbocycles. The first-order valence-corrected chi connectivity index (χ1v) is 11.6. The summed E-state index contributed by atoms with van der Waals surface area (Å²) in [5.41, 5.74) is 1.77. The Balaban J connectivity index is 1.38. The normalized spacial score (nSPS) is 21.2. The van der Waals surface area contributed by atoms with E-state index in [4.69, 9.17) is 23.2 Å². The molecule has 2 aliphatic heterocycles. The molecule has 2 aliphatic rings. The molecule has 1 aromatic heterocycles. The first-order valence-electron chi connectivity index (χ1n) is 10.8. The van der Waals surface area contributed by atoms with Crippen LogP contribution in [0.15, 0.2) is 24.3 Å². The van der Waals surface area contributed by atoms with Crippen molar-refractivity contribution in [2.24, 2.45) is 0 Å². The van der Waals surface area contributed by atoms with E-state index in [1.165, 1.54) is 0 Å². The first-order chi connectivity index (χ1) is 14.8. The minimum Gasteiger partial charge on any atom is -0.352 e. The van der Waals surface area contributed by atoms with E-state index in [-0.39, 0.29) is 11.9 Å². The van der Waals surface area contributed by atoms with Gasteiger partial charge in [-0.25, -0.2) is 0 Å². The van der Waals surface area contributed by atoms with E-state index in [0.29, 0.717) is 29.2 Å². The molecule has 2 aromatic rings. The number of anilines is 1. The molecule has 1 aromatic carbocycles. The molecule has 7 nitrogen and oxygen atoms in total. The summed E-state index contributed by atoms with van der Waals surface area (Å²) < 4.78 is 0. The molecule has 0 aliphatic carbocycles. The van der Waals surface area contributed by atoms with Gasteiger partial charge in [-0.1, -0.05) is 23.2 Å². The standard InChI is InChI=1S/C22H30Cl2N6O/c1-15(2)30-5-4-27(3)20(14-30)22(31)29-8-6-28(7-9-29)21-13-19(25-26-21)16-10-17(23)12-18(24)11-16/h10-13,15,20H,4-9,14H2,1-3H3,(H,25,26). The number of hydrogen-bond donors (Lipinski definition) is 1. The van der Waals surface area contributed by atoms with E-state index in [1.54, 1.807) is 6.07 Å². The lowest BCUT2D eigenvalue weighted by Crippen LogP contribution is -2.61. The van der Waals surface area contributed by atoms with Crippen LogP contribution in [0.25, 0.3) is 11.3 Å². The number of carbonyl (C=O) groups excluding carboxylic acids is 1. The van der Waals surface area contributed by atoms with Gasteiger partial charge in [0.1, 0.15) is 6.04 Å². The van der Waals surface area contributed by atoms with Crippen molar-refractivity contribution < 1.29 is 4.79 Å². The van der Waals surface area contributed by atoms with Crippen LogP contribution in [0, 0.1) is 0 Å². The molecule has 1 atom stereocenters. The molecule has 0 bridgehead atoms. The lowest BCUT2D eigenvalue weighted by atomic mass is 10.1. The fourth-order valence-electron chi connectivity index (χ4n) is 4.33. The molecule has 0 radical (unpaired) electrons. The number of hydrogen-bond acceptors (Lipinski definition) is 5. The SMILES string of the molecule is CC(C)N1CCN(C)C(C(=O)N2CCN(c3cc(-c4cc(Cl)cc(Cl)c4)[nH]n3)CC2)C1. The second-order valence-electron chi connectivity index (χ2n) is 8.70. The number of amides is 1. The number of aromatic amines is 1. The van der Waals surface area contributed by atoms with Gasteiger partial charge in [-0.2, -0.15) is 5.10 Å². The maximum absolute atomic E-state index is 13.2. The first kappa shape index (κ1) is 22.4. The van der Waals surface area contributed by atoms with E-state index >= 15 is 0 Å². The van der Waals surface area contributed by atoms with Crippen LogP contribution in [0.1, 0.15) is 13.8 Å². The maximum atomic E-state index is 13.2. The van der Waals surface area contributed by atoms with Crippen LogP contribution in [0.3, 0.4) is 0 Å². The highest BCUT2D eigenvalue weighted by atomic mass is 35.5. The van der Waals surface area contributed by atoms with Gasteiger partial charge in [0.05, 0.1) is 5.69 Å². The van der Waals surface area contributed by atoms with E-state index in [9.17, 15) is 4.79 Å². The van der Waals surface area contributed by atoms with Gasteiger partial charge < -0.3 is 9.80 Å². The number of halogens is 2. The largest absolute Gasteiger partial charge is 0.352 e. The van der Waals surface area contributed by atoms with Crippen LogP contribution in [0.2, 0.25) is 10.0 Å². The predicted molar refractivity (Wildman–Crippen MR) is 126 cm³/mol. The van der Waals surface area contributed by atoms with Crippen LogP contribution >= 0.6 is 23.2 Å². The Morgan fingerprint density at radius 2 is 1.71 bits per heavy atom. The average Bonchev–Trinajstić information content (AvgIpc) is 3.23. The number of piperazine rings is 2. The quantitative estimate of drug-likeness (QED) is 0.753. The van der Waals surface area contributed by atoms with Gasteiger partial charge in [-0.3, -0.25) is 19.7 Å². The van der Waals surface area contributed by atoms with Crippen LogP contribution in [0.5, 0.6) is 0 Å². The van der Waals surface area contributed by atoms with Crippen molar-refractivity contribution in [2.45, 2.75) is 25.9 Å². The van der Waals surface area contributed by atoms with Crippen LogP contribution < -0.4 is 4.90 Å². The van der Waals surface area contributed by atoms with Crippen molar-refractivity contribution in [3.8, 4) is 11.3 Å². The van der Waals surface area contributed by atoms with Crippen molar-refractivity contribution >= 4 is 34.9 Å². The van der Waals surface area contributed by atoms with Gasteiger partial charge >= 0.3 is 0 Å². The van der Waals surface area contributed by atoms with Gasteiger partial charge in [-0.15, -0.1) is 0 Å². The molecule has 3 heterocycles. The lowest BCUT2D eigenvalue weighted by molar-refractivity contribution is -0.139. The molecule has 168 valence electrons. The third kappa shape index (κ3) is 5.00. The van der Waals surface area contributed by atoms with Crippen LogP contribution in [-0.2, 0) is 4.79 Å². The summed E-state index contributed by atoms with van der Waals surface area (Å²) in [5, 5.41) is 8.74. The van der Waals surface area contributed by atoms with E-state index in [2.05, 4.69) is 45.8 Å². The molecule has 1 amide bonds. The highest BCUT2D eigenvalue weighted by Gasteiger charge is 2.35. The predicted octanol–water partition coefficient (Wildman–Crippen LogP) is 3.06. The van der Waals surface area contributed by atoms with E-state index < -0.39 is 0 Å². The second-order valence-corrected chi connectivity index (χ2v) is 9.57. The summed E-state index contributed by atoms with van der Waals surface area (Å²) in [6.07, 6.45) is 0. The zero-order chi connectivity index (χ0) is 22.1. The van der Waals surface area contributed by atoms with Crippen molar-refractivity contribution in [2.75, 3.05) is 57.8 Å². The summed E-state index contributed by atoms with van der Waals surface area (Å²) in [6.45, 7) is 10.1. The van der Waals surface area contributed by atoms with Gasteiger partial charge in [-0.05, 0) is 39.1 Å². The third-order valence-corrected chi connectivity index (χ3v) is 6.78. The molecular weight excluding hydrogens is 435 g/mol. The minimum absolute atomic E-state index is 0.0627. The zero-order valence-corrected chi connectivity index (χ0v) is 19.8. The third-order valence-electron chi connectivity index (χ3n) is 6.35. The summed E-state index contributed by atoms with van der Waals surface area (Å²) in [7, 11) is 2.06. The molecule has 31 heavy (non-hydrogen) atoms. The number of nitrogens with one attached hydrogen (secondary N) is 1. The maximum Gasteiger partial charge on any atom is 0.241 e. The number of nitrogens with zero attached hydrogens (tertiary/aromatic N) is 5. The number of likely N-dealkylation sites (N-methyl/N-ethyl adjacent to an activating group) is 1. The smallest absolute Gasteiger partial charge is 0.241 e. The van der Waals surface area contributed by atoms with Gasteiger partial charge in [0, 0.05) is 73.5 Å². The summed E-state index contributed by atoms with van der Waals surface area (Å²) in [5.74, 6) is 1.11.